The van der Waals surface area contributed by atoms with Gasteiger partial charge in [-0.1, -0.05) is 35.9 Å². The molecule has 180 valence electrons. The molecule has 1 atom stereocenters. The number of likely N-dealkylation sites (tertiary alicyclic amines) is 2. The summed E-state index contributed by atoms with van der Waals surface area (Å²) < 4.78 is 0. The molecule has 3 heterocycles. The second-order valence-corrected chi connectivity index (χ2v) is 9.60. The first-order valence-corrected chi connectivity index (χ1v) is 12.4. The number of hydrogen-bond acceptors (Lipinski definition) is 5. The molecular weight excluding hydrogens is 462 g/mol. The Bertz CT molecular complexity index is 1250. The van der Waals surface area contributed by atoms with Gasteiger partial charge in [0.1, 0.15) is 0 Å². The Morgan fingerprint density at radius 1 is 1.09 bits per heavy atom. The average Bonchev–Trinajstić information content (AvgIpc) is 3.28. The maximum atomic E-state index is 13.8. The Balaban J connectivity index is 1.45. The highest BCUT2D eigenvalue weighted by Crippen LogP contribution is 2.37. The fourth-order valence-corrected chi connectivity index (χ4v) is 5.16. The Labute approximate surface area is 209 Å². The number of halogens is 1. The fourth-order valence-electron chi connectivity index (χ4n) is 5.03. The normalized spacial score (nSPS) is 18.2. The Kier molecular flexibility index (Phi) is 6.68. The number of aromatic nitrogens is 2. The number of benzene rings is 2. The second kappa shape index (κ2) is 10.0. The van der Waals surface area contributed by atoms with Crippen LogP contribution in [-0.2, 0) is 11.3 Å². The topological polar surface area (TPSA) is 92.4 Å². The molecule has 2 aromatic carbocycles. The lowest BCUT2D eigenvalue weighted by Gasteiger charge is -2.36. The van der Waals surface area contributed by atoms with E-state index in [1.165, 1.54) is 0 Å². The van der Waals surface area contributed by atoms with Crippen molar-refractivity contribution in [1.29, 1.82) is 0 Å². The molecule has 8 heteroatoms. The molecule has 2 fully saturated rings. The van der Waals surface area contributed by atoms with Crippen LogP contribution in [0.3, 0.4) is 0 Å². The van der Waals surface area contributed by atoms with Gasteiger partial charge in [0, 0.05) is 48.4 Å². The van der Waals surface area contributed by atoms with E-state index in [1.807, 2.05) is 58.3 Å². The third kappa shape index (κ3) is 5.00. The van der Waals surface area contributed by atoms with Crippen LogP contribution in [0, 0.1) is 0 Å². The molecule has 2 saturated heterocycles. The summed E-state index contributed by atoms with van der Waals surface area (Å²) in [5.41, 5.74) is 10.1. The Morgan fingerprint density at radius 3 is 2.69 bits per heavy atom. The van der Waals surface area contributed by atoms with E-state index in [0.29, 0.717) is 30.1 Å². The van der Waals surface area contributed by atoms with Crippen molar-refractivity contribution in [2.75, 3.05) is 18.8 Å². The van der Waals surface area contributed by atoms with Crippen LogP contribution in [0.4, 0.5) is 5.95 Å². The maximum Gasteiger partial charge on any atom is 0.254 e. The van der Waals surface area contributed by atoms with Crippen molar-refractivity contribution in [3.05, 3.63) is 76.6 Å². The van der Waals surface area contributed by atoms with Crippen molar-refractivity contribution in [2.45, 2.75) is 44.7 Å². The third-order valence-electron chi connectivity index (χ3n) is 6.79. The molecule has 0 radical (unpaired) electrons. The summed E-state index contributed by atoms with van der Waals surface area (Å²) in [6.45, 7) is 1.95. The van der Waals surface area contributed by atoms with Crippen molar-refractivity contribution in [1.82, 2.24) is 19.8 Å². The zero-order chi connectivity index (χ0) is 24.4. The first-order valence-electron chi connectivity index (χ1n) is 12.1. The first-order chi connectivity index (χ1) is 17.0. The summed E-state index contributed by atoms with van der Waals surface area (Å²) in [6, 6.07) is 14.9. The number of carbonyl (C=O) groups excluding carboxylic acids is 2. The molecule has 0 spiro atoms. The molecule has 35 heavy (non-hydrogen) atoms. The van der Waals surface area contributed by atoms with Crippen LogP contribution in [0.2, 0.25) is 5.02 Å². The number of nitrogens with zero attached hydrogens (tertiary/aromatic N) is 4. The average molecular weight is 490 g/mol. The van der Waals surface area contributed by atoms with Gasteiger partial charge in [-0.25, -0.2) is 9.97 Å². The summed E-state index contributed by atoms with van der Waals surface area (Å²) in [5.74, 6) is 0.324. The zero-order valence-electron chi connectivity index (χ0n) is 19.5. The molecule has 7 nitrogen and oxygen atoms in total. The van der Waals surface area contributed by atoms with E-state index in [-0.39, 0.29) is 23.8 Å². The predicted octanol–water partition coefficient (Wildman–Crippen LogP) is 4.87. The van der Waals surface area contributed by atoms with E-state index in [9.17, 15) is 9.59 Å². The molecule has 2 aliphatic heterocycles. The Morgan fingerprint density at radius 2 is 1.91 bits per heavy atom. The number of carbonyl (C=O) groups is 2. The van der Waals surface area contributed by atoms with Crippen LogP contribution in [0.25, 0.3) is 11.1 Å². The van der Waals surface area contributed by atoms with Gasteiger partial charge in [-0.15, -0.1) is 0 Å². The molecule has 2 amide bonds. The largest absolute Gasteiger partial charge is 0.368 e. The van der Waals surface area contributed by atoms with Crippen LogP contribution in [0.15, 0.2) is 54.7 Å². The minimum Gasteiger partial charge on any atom is -0.368 e. The van der Waals surface area contributed by atoms with Gasteiger partial charge in [-0.05, 0) is 61.1 Å². The van der Waals surface area contributed by atoms with Crippen molar-refractivity contribution in [3.8, 4) is 11.1 Å². The summed E-state index contributed by atoms with van der Waals surface area (Å²) in [7, 11) is 0. The lowest BCUT2D eigenvalue weighted by Crippen LogP contribution is -2.39. The molecule has 2 N–H and O–H groups in total. The number of piperidine rings is 1. The monoisotopic (exact) mass is 489 g/mol. The van der Waals surface area contributed by atoms with Crippen LogP contribution in [-0.4, -0.2) is 44.7 Å². The number of anilines is 1. The Hall–Kier alpha value is -3.45. The van der Waals surface area contributed by atoms with Crippen LogP contribution in [0.1, 0.15) is 59.8 Å². The zero-order valence-corrected chi connectivity index (χ0v) is 20.2. The predicted molar refractivity (Wildman–Crippen MR) is 136 cm³/mol. The smallest absolute Gasteiger partial charge is 0.254 e. The number of amides is 2. The van der Waals surface area contributed by atoms with E-state index >= 15 is 0 Å². The first kappa shape index (κ1) is 23.3. The number of hydrogen-bond donors (Lipinski definition) is 1. The van der Waals surface area contributed by atoms with E-state index in [2.05, 4.69) is 9.97 Å². The minimum absolute atomic E-state index is 0.0384. The minimum atomic E-state index is -0.212. The summed E-state index contributed by atoms with van der Waals surface area (Å²) >= 11 is 6.09. The molecule has 1 aromatic heterocycles. The lowest BCUT2D eigenvalue weighted by molar-refractivity contribution is -0.128. The van der Waals surface area contributed by atoms with E-state index in [1.54, 1.807) is 6.20 Å². The van der Waals surface area contributed by atoms with Crippen molar-refractivity contribution in [3.63, 3.8) is 0 Å². The van der Waals surface area contributed by atoms with Gasteiger partial charge in [0.2, 0.25) is 11.9 Å². The number of nitrogens with two attached hydrogens (primary N) is 1. The number of nitrogen functional groups attached to an aromatic ring is 1. The van der Waals surface area contributed by atoms with Crippen LogP contribution in [0.5, 0.6) is 0 Å². The van der Waals surface area contributed by atoms with Gasteiger partial charge in [0.25, 0.3) is 5.91 Å². The fraction of sp³-hybridized carbons (Fsp3) is 0.333. The molecular formula is C27H28ClN5O2. The molecule has 0 unspecified atom stereocenters. The molecule has 3 aromatic rings. The maximum absolute atomic E-state index is 13.8. The van der Waals surface area contributed by atoms with E-state index in [0.717, 1.165) is 54.6 Å². The number of rotatable bonds is 5. The summed E-state index contributed by atoms with van der Waals surface area (Å²) in [5, 5.41) is 0.650. The highest BCUT2D eigenvalue weighted by molar-refractivity contribution is 6.30. The SMILES string of the molecule is Nc1ncc(-c2ccc(Cl)cc2)c([C@@H]2CCCCN2C(=O)c2cccc(CN3CCCC3=O)c2)n1. The standard InChI is InChI=1S/C27H28ClN5O2/c28-21-11-9-19(10-12-21)22-16-30-27(29)31-25(22)23-7-1-2-14-33(23)26(35)20-6-3-5-18(15-20)17-32-13-4-8-24(32)34/h3,5-6,9-12,15-16,23H,1-2,4,7-8,13-14,17H2,(H2,29,30,31)/t23-/m0/s1. The van der Waals surface area contributed by atoms with Crippen molar-refractivity contribution >= 4 is 29.4 Å². The second-order valence-electron chi connectivity index (χ2n) is 9.16. The molecule has 0 saturated carbocycles. The lowest BCUT2D eigenvalue weighted by atomic mass is 9.93. The van der Waals surface area contributed by atoms with Gasteiger partial charge < -0.3 is 15.5 Å². The van der Waals surface area contributed by atoms with Gasteiger partial charge in [0.15, 0.2) is 0 Å². The van der Waals surface area contributed by atoms with Crippen LogP contribution >= 0.6 is 11.6 Å². The van der Waals surface area contributed by atoms with Crippen molar-refractivity contribution < 1.29 is 9.59 Å². The highest BCUT2D eigenvalue weighted by Gasteiger charge is 2.32. The van der Waals surface area contributed by atoms with E-state index < -0.39 is 0 Å². The van der Waals surface area contributed by atoms with Gasteiger partial charge in [-0.2, -0.15) is 0 Å². The van der Waals surface area contributed by atoms with Gasteiger partial charge >= 0.3 is 0 Å². The quantitative estimate of drug-likeness (QED) is 0.552. The molecule has 5 rings (SSSR count). The summed E-state index contributed by atoms with van der Waals surface area (Å²) in [4.78, 5) is 38.4. The molecule has 0 bridgehead atoms. The third-order valence-corrected chi connectivity index (χ3v) is 7.04. The molecule has 0 aliphatic carbocycles. The van der Waals surface area contributed by atoms with Crippen LogP contribution < -0.4 is 5.73 Å². The van der Waals surface area contributed by atoms with E-state index in [4.69, 9.17) is 17.3 Å². The van der Waals surface area contributed by atoms with Gasteiger partial charge in [-0.3, -0.25) is 9.59 Å². The van der Waals surface area contributed by atoms with Gasteiger partial charge in [0.05, 0.1) is 11.7 Å². The highest BCUT2D eigenvalue weighted by atomic mass is 35.5. The summed E-state index contributed by atoms with van der Waals surface area (Å²) in [6.07, 6.45) is 5.95. The molecule has 2 aliphatic rings. The van der Waals surface area contributed by atoms with Crippen molar-refractivity contribution in [2.24, 2.45) is 0 Å².